The number of methoxy groups -OCH3 is 1. The van der Waals surface area contributed by atoms with Crippen LogP contribution in [0.15, 0.2) is 36.4 Å². The first-order chi connectivity index (χ1) is 12.7. The van der Waals surface area contributed by atoms with Gasteiger partial charge >= 0.3 is 5.97 Å². The van der Waals surface area contributed by atoms with E-state index >= 15 is 0 Å². The molecule has 1 unspecified atom stereocenters. The zero-order chi connectivity index (χ0) is 20.1. The molecule has 0 saturated heterocycles. The Bertz CT molecular complexity index is 851. The Labute approximate surface area is 157 Å². The topological polar surface area (TPSA) is 105 Å². The Kier molecular flexibility index (Phi) is 6.18. The average molecular weight is 370 g/mol. The summed E-state index contributed by atoms with van der Waals surface area (Å²) in [6.45, 7) is 5.12. The molecule has 2 amide bonds. The SMILES string of the molecule is COc1c(C)cc(C(=O)Nc2ccc(C(=O)NC(C)C(=O)O)cc2)cc1C. The molecule has 0 spiro atoms. The van der Waals surface area contributed by atoms with Crippen LogP contribution in [0, 0.1) is 13.8 Å². The van der Waals surface area contributed by atoms with Crippen LogP contribution in [0.3, 0.4) is 0 Å². The predicted octanol–water partition coefficient (Wildman–Crippen LogP) is 2.77. The molecule has 3 N–H and O–H groups in total. The second-order valence-corrected chi connectivity index (χ2v) is 6.21. The van der Waals surface area contributed by atoms with E-state index in [-0.39, 0.29) is 5.91 Å². The second-order valence-electron chi connectivity index (χ2n) is 6.21. The first-order valence-electron chi connectivity index (χ1n) is 8.33. The molecular weight excluding hydrogens is 348 g/mol. The van der Waals surface area contributed by atoms with Gasteiger partial charge in [-0.15, -0.1) is 0 Å². The number of anilines is 1. The number of benzene rings is 2. The van der Waals surface area contributed by atoms with Gasteiger partial charge in [0.25, 0.3) is 11.8 Å². The predicted molar refractivity (Wildman–Crippen MR) is 101 cm³/mol. The summed E-state index contributed by atoms with van der Waals surface area (Å²) < 4.78 is 5.30. The van der Waals surface area contributed by atoms with Crippen LogP contribution in [-0.4, -0.2) is 36.0 Å². The van der Waals surface area contributed by atoms with E-state index in [9.17, 15) is 14.4 Å². The van der Waals surface area contributed by atoms with Gasteiger partial charge in [0.2, 0.25) is 0 Å². The van der Waals surface area contributed by atoms with E-state index in [1.54, 1.807) is 31.4 Å². The van der Waals surface area contributed by atoms with E-state index < -0.39 is 17.9 Å². The number of aliphatic carboxylic acids is 1. The number of carbonyl (C=O) groups excluding carboxylic acids is 2. The van der Waals surface area contributed by atoms with Gasteiger partial charge in [-0.25, -0.2) is 0 Å². The fraction of sp³-hybridized carbons (Fsp3) is 0.250. The number of carboxylic acids is 1. The molecule has 142 valence electrons. The minimum absolute atomic E-state index is 0.277. The highest BCUT2D eigenvalue weighted by molar-refractivity contribution is 6.05. The summed E-state index contributed by atoms with van der Waals surface area (Å²) in [7, 11) is 1.59. The van der Waals surface area contributed by atoms with Gasteiger partial charge < -0.3 is 20.5 Å². The number of aryl methyl sites for hydroxylation is 2. The third-order valence-electron chi connectivity index (χ3n) is 4.05. The van der Waals surface area contributed by atoms with Crippen molar-refractivity contribution < 1.29 is 24.2 Å². The first kappa shape index (κ1) is 20.0. The van der Waals surface area contributed by atoms with Crippen molar-refractivity contribution in [2.75, 3.05) is 12.4 Å². The number of hydrogen-bond donors (Lipinski definition) is 3. The summed E-state index contributed by atoms with van der Waals surface area (Å²) in [6, 6.07) is 8.71. The molecule has 2 aromatic carbocycles. The van der Waals surface area contributed by atoms with Gasteiger partial charge in [0.05, 0.1) is 7.11 Å². The Hall–Kier alpha value is -3.35. The first-order valence-corrected chi connectivity index (χ1v) is 8.33. The highest BCUT2D eigenvalue weighted by atomic mass is 16.5. The van der Waals surface area contributed by atoms with Gasteiger partial charge in [-0.2, -0.15) is 0 Å². The van der Waals surface area contributed by atoms with Crippen LogP contribution in [0.2, 0.25) is 0 Å². The van der Waals surface area contributed by atoms with E-state index in [1.807, 2.05) is 13.8 Å². The Morgan fingerprint density at radius 2 is 1.52 bits per heavy atom. The number of carbonyl (C=O) groups is 3. The molecule has 2 aromatic rings. The standard InChI is InChI=1S/C20H22N2O5/c1-11-9-15(10-12(2)17(11)27-4)19(24)22-16-7-5-14(6-8-16)18(23)21-13(3)20(25)26/h5-10,13H,1-4H3,(H,21,23)(H,22,24)(H,25,26). The molecule has 0 aliphatic rings. The Balaban J connectivity index is 2.09. The van der Waals surface area contributed by atoms with Crippen molar-refractivity contribution in [3.63, 3.8) is 0 Å². The second kappa shape index (κ2) is 8.35. The monoisotopic (exact) mass is 370 g/mol. The van der Waals surface area contributed by atoms with Gasteiger partial charge in [0.15, 0.2) is 0 Å². The number of hydrogen-bond acceptors (Lipinski definition) is 4. The third-order valence-corrected chi connectivity index (χ3v) is 4.05. The number of carboxylic acid groups (broad SMARTS) is 1. The fourth-order valence-corrected chi connectivity index (χ4v) is 2.65. The van der Waals surface area contributed by atoms with Crippen molar-refractivity contribution >= 4 is 23.5 Å². The molecule has 7 heteroatoms. The van der Waals surface area contributed by atoms with Crippen molar-refractivity contribution in [2.45, 2.75) is 26.8 Å². The van der Waals surface area contributed by atoms with Gasteiger partial charge in [-0.05, 0) is 68.3 Å². The molecule has 0 heterocycles. The summed E-state index contributed by atoms with van der Waals surface area (Å²) >= 11 is 0. The lowest BCUT2D eigenvalue weighted by atomic mass is 10.0. The highest BCUT2D eigenvalue weighted by Gasteiger charge is 2.16. The van der Waals surface area contributed by atoms with E-state index in [4.69, 9.17) is 9.84 Å². The van der Waals surface area contributed by atoms with Gasteiger partial charge in [-0.3, -0.25) is 14.4 Å². The summed E-state index contributed by atoms with van der Waals surface area (Å²) in [6.07, 6.45) is 0. The van der Waals surface area contributed by atoms with E-state index in [1.165, 1.54) is 19.1 Å². The molecule has 0 bridgehead atoms. The lowest BCUT2D eigenvalue weighted by Gasteiger charge is -2.12. The van der Waals surface area contributed by atoms with Gasteiger partial charge in [0, 0.05) is 16.8 Å². The van der Waals surface area contributed by atoms with Crippen molar-refractivity contribution in [1.82, 2.24) is 5.32 Å². The molecule has 0 radical (unpaired) electrons. The van der Waals surface area contributed by atoms with Crippen LogP contribution < -0.4 is 15.4 Å². The fourth-order valence-electron chi connectivity index (χ4n) is 2.65. The van der Waals surface area contributed by atoms with Crippen molar-refractivity contribution in [1.29, 1.82) is 0 Å². The molecule has 0 aliphatic heterocycles. The molecule has 0 aliphatic carbocycles. The molecule has 7 nitrogen and oxygen atoms in total. The molecule has 1 atom stereocenters. The lowest BCUT2D eigenvalue weighted by Crippen LogP contribution is -2.38. The Morgan fingerprint density at radius 1 is 0.963 bits per heavy atom. The summed E-state index contributed by atoms with van der Waals surface area (Å²) in [5.74, 6) is -1.14. The molecule has 0 aromatic heterocycles. The van der Waals surface area contributed by atoms with Crippen molar-refractivity contribution in [2.24, 2.45) is 0 Å². The largest absolute Gasteiger partial charge is 0.496 e. The smallest absolute Gasteiger partial charge is 0.325 e. The number of rotatable bonds is 6. The summed E-state index contributed by atoms with van der Waals surface area (Å²) in [5, 5.41) is 14.0. The van der Waals surface area contributed by atoms with Crippen LogP contribution >= 0.6 is 0 Å². The van der Waals surface area contributed by atoms with Gasteiger partial charge in [0.1, 0.15) is 11.8 Å². The minimum atomic E-state index is -1.11. The van der Waals surface area contributed by atoms with Crippen LogP contribution in [0.5, 0.6) is 5.75 Å². The van der Waals surface area contributed by atoms with Crippen molar-refractivity contribution in [3.05, 3.63) is 58.7 Å². The highest BCUT2D eigenvalue weighted by Crippen LogP contribution is 2.24. The maximum absolute atomic E-state index is 12.5. The normalized spacial score (nSPS) is 11.4. The molecule has 2 rings (SSSR count). The summed E-state index contributed by atoms with van der Waals surface area (Å²) in [5.41, 5.74) is 3.05. The number of nitrogens with one attached hydrogen (secondary N) is 2. The maximum atomic E-state index is 12.5. The minimum Gasteiger partial charge on any atom is -0.496 e. The van der Waals surface area contributed by atoms with E-state index in [0.717, 1.165) is 16.9 Å². The van der Waals surface area contributed by atoms with Crippen LogP contribution in [0.25, 0.3) is 0 Å². The Morgan fingerprint density at radius 3 is 2.00 bits per heavy atom. The van der Waals surface area contributed by atoms with Gasteiger partial charge in [-0.1, -0.05) is 0 Å². The molecule has 27 heavy (non-hydrogen) atoms. The van der Waals surface area contributed by atoms with Crippen molar-refractivity contribution in [3.8, 4) is 5.75 Å². The van der Waals surface area contributed by atoms with E-state index in [0.29, 0.717) is 16.8 Å². The lowest BCUT2D eigenvalue weighted by molar-refractivity contribution is -0.138. The van der Waals surface area contributed by atoms with Crippen LogP contribution in [0.4, 0.5) is 5.69 Å². The average Bonchev–Trinajstić information content (AvgIpc) is 2.61. The van der Waals surface area contributed by atoms with E-state index in [2.05, 4.69) is 10.6 Å². The third kappa shape index (κ3) is 4.84. The molecular formula is C20H22N2O5. The summed E-state index contributed by atoms with van der Waals surface area (Å²) in [4.78, 5) is 35.2. The number of amides is 2. The quantitative estimate of drug-likeness (QED) is 0.725. The van der Waals surface area contributed by atoms with Crippen LogP contribution in [-0.2, 0) is 4.79 Å². The maximum Gasteiger partial charge on any atom is 0.325 e. The zero-order valence-corrected chi connectivity index (χ0v) is 15.6. The zero-order valence-electron chi connectivity index (χ0n) is 15.6. The molecule has 0 fully saturated rings. The van der Waals surface area contributed by atoms with Crippen LogP contribution in [0.1, 0.15) is 38.8 Å². The molecule has 0 saturated carbocycles. The number of ether oxygens (including phenoxy) is 1.